The van der Waals surface area contributed by atoms with Gasteiger partial charge < -0.3 is 14.5 Å². The minimum Gasteiger partial charge on any atom is -0.501 e. The number of thioether (sulfide) groups is 1. The zero-order valence-corrected chi connectivity index (χ0v) is 19.3. The second-order valence-corrected chi connectivity index (χ2v) is 7.80. The van der Waals surface area contributed by atoms with Crippen LogP contribution in [0.2, 0.25) is 0 Å². The van der Waals surface area contributed by atoms with E-state index >= 15 is 0 Å². The Labute approximate surface area is 190 Å². The van der Waals surface area contributed by atoms with Crippen LogP contribution < -0.4 is 5.69 Å². The number of aromatic amines is 1. The van der Waals surface area contributed by atoms with Gasteiger partial charge in [0.25, 0.3) is 0 Å². The van der Waals surface area contributed by atoms with Crippen LogP contribution in [0.4, 0.5) is 4.39 Å². The number of hydrogen-bond acceptors (Lipinski definition) is 5. The summed E-state index contributed by atoms with van der Waals surface area (Å²) in [5.41, 5.74) is 2.58. The smallest absolute Gasteiger partial charge is 0.328 e. The van der Waals surface area contributed by atoms with Crippen molar-refractivity contribution in [2.24, 2.45) is 0 Å². The van der Waals surface area contributed by atoms with Crippen molar-refractivity contribution in [3.63, 3.8) is 0 Å². The maximum atomic E-state index is 14.5. The number of benzene rings is 1. The first-order valence-electron chi connectivity index (χ1n) is 10.00. The number of methoxy groups -OCH3 is 2. The number of aromatic nitrogens is 3. The van der Waals surface area contributed by atoms with E-state index in [1.54, 1.807) is 67.1 Å². The van der Waals surface area contributed by atoms with Crippen LogP contribution in [0.15, 0.2) is 77.1 Å². The Bertz CT molecular complexity index is 1230. The highest BCUT2D eigenvalue weighted by Gasteiger charge is 2.22. The number of H-pyrrole nitrogens is 1. The first-order chi connectivity index (χ1) is 15.5. The maximum Gasteiger partial charge on any atom is 0.328 e. The number of imidazole rings is 1. The summed E-state index contributed by atoms with van der Waals surface area (Å²) in [4.78, 5) is 20.5. The SMILES string of the molecule is C\C=C(/C=C\C(=C\OC)OC)C(CSC)n1c(=O)[nH]c2c(-c3ccccc3F)ccnc21. The third-order valence-corrected chi connectivity index (χ3v) is 5.69. The van der Waals surface area contributed by atoms with Crippen LogP contribution >= 0.6 is 11.8 Å². The van der Waals surface area contributed by atoms with Gasteiger partial charge in [-0.25, -0.2) is 14.2 Å². The summed E-state index contributed by atoms with van der Waals surface area (Å²) in [6, 6.07) is 7.90. The molecule has 0 spiro atoms. The first-order valence-corrected chi connectivity index (χ1v) is 11.4. The number of allylic oxidation sites excluding steroid dienone is 4. The molecule has 0 saturated carbocycles. The summed E-state index contributed by atoms with van der Waals surface area (Å²) in [6.45, 7) is 1.91. The molecule has 2 heterocycles. The van der Waals surface area contributed by atoms with Crippen LogP contribution in [-0.2, 0) is 9.47 Å². The molecule has 3 aromatic rings. The first kappa shape index (κ1) is 23.4. The number of halogens is 1. The molecule has 1 atom stereocenters. The number of rotatable bonds is 9. The molecule has 6 nitrogen and oxygen atoms in total. The molecule has 1 N–H and O–H groups in total. The molecule has 0 aliphatic carbocycles. The van der Waals surface area contributed by atoms with Crippen molar-refractivity contribution < 1.29 is 13.9 Å². The molecule has 1 unspecified atom stereocenters. The van der Waals surface area contributed by atoms with Crippen LogP contribution in [0.3, 0.4) is 0 Å². The molecule has 0 bridgehead atoms. The topological polar surface area (TPSA) is 69.1 Å². The maximum absolute atomic E-state index is 14.5. The lowest BCUT2D eigenvalue weighted by atomic mass is 10.0. The fourth-order valence-electron chi connectivity index (χ4n) is 3.54. The molecule has 0 radical (unpaired) electrons. The monoisotopic (exact) mass is 455 g/mol. The average molecular weight is 456 g/mol. The molecular formula is C24H26FN3O3S. The Kier molecular flexibility index (Phi) is 7.94. The zero-order valence-electron chi connectivity index (χ0n) is 18.5. The van der Waals surface area contributed by atoms with Gasteiger partial charge in [0.15, 0.2) is 11.4 Å². The number of nitrogens with one attached hydrogen (secondary N) is 1. The van der Waals surface area contributed by atoms with Gasteiger partial charge >= 0.3 is 5.69 Å². The van der Waals surface area contributed by atoms with Gasteiger partial charge in [-0.1, -0.05) is 30.4 Å². The van der Waals surface area contributed by atoms with Crippen molar-refractivity contribution >= 4 is 22.9 Å². The van der Waals surface area contributed by atoms with Crippen molar-refractivity contribution in [3.8, 4) is 11.1 Å². The van der Waals surface area contributed by atoms with Gasteiger partial charge in [-0.05, 0) is 37.0 Å². The number of fused-ring (bicyclic) bond motifs is 1. The molecular weight excluding hydrogens is 429 g/mol. The third-order valence-electron chi connectivity index (χ3n) is 5.04. The summed E-state index contributed by atoms with van der Waals surface area (Å²) >= 11 is 1.62. The quantitative estimate of drug-likeness (QED) is 0.360. The van der Waals surface area contributed by atoms with Gasteiger partial charge in [-0.15, -0.1) is 0 Å². The molecule has 168 valence electrons. The third kappa shape index (κ3) is 4.80. The number of ether oxygens (including phenoxy) is 2. The Hall–Kier alpha value is -3.26. The van der Waals surface area contributed by atoms with Crippen LogP contribution in [0, 0.1) is 5.82 Å². The Morgan fingerprint density at radius 3 is 2.69 bits per heavy atom. The van der Waals surface area contributed by atoms with E-state index in [9.17, 15) is 9.18 Å². The van der Waals surface area contributed by atoms with Crippen molar-refractivity contribution in [2.45, 2.75) is 13.0 Å². The van der Waals surface area contributed by atoms with Crippen molar-refractivity contribution in [3.05, 3.63) is 88.7 Å². The van der Waals surface area contributed by atoms with Crippen LogP contribution in [0.25, 0.3) is 22.3 Å². The summed E-state index contributed by atoms with van der Waals surface area (Å²) < 4.78 is 26.4. The lowest BCUT2D eigenvalue weighted by molar-refractivity contribution is 0.261. The van der Waals surface area contributed by atoms with E-state index in [-0.39, 0.29) is 17.5 Å². The molecule has 0 aliphatic heterocycles. The number of hydrogen-bond donors (Lipinski definition) is 1. The Morgan fingerprint density at radius 2 is 2.03 bits per heavy atom. The van der Waals surface area contributed by atoms with Gasteiger partial charge in [0, 0.05) is 23.1 Å². The lowest BCUT2D eigenvalue weighted by Gasteiger charge is -2.19. The zero-order chi connectivity index (χ0) is 23.1. The van der Waals surface area contributed by atoms with Gasteiger partial charge in [-0.3, -0.25) is 4.57 Å². The molecule has 3 rings (SSSR count). The van der Waals surface area contributed by atoms with E-state index < -0.39 is 0 Å². The predicted octanol–water partition coefficient (Wildman–Crippen LogP) is 5.07. The molecule has 0 amide bonds. The molecule has 2 aromatic heterocycles. The molecule has 1 aromatic carbocycles. The van der Waals surface area contributed by atoms with E-state index in [0.29, 0.717) is 33.8 Å². The highest BCUT2D eigenvalue weighted by atomic mass is 32.2. The predicted molar refractivity (Wildman–Crippen MR) is 128 cm³/mol. The molecule has 8 heteroatoms. The Balaban J connectivity index is 2.15. The average Bonchev–Trinajstić information content (AvgIpc) is 3.14. The fraction of sp³-hybridized carbons (Fsp3) is 0.250. The Morgan fingerprint density at radius 1 is 1.25 bits per heavy atom. The van der Waals surface area contributed by atoms with Crippen LogP contribution in [0.1, 0.15) is 13.0 Å². The van der Waals surface area contributed by atoms with E-state index in [1.165, 1.54) is 12.3 Å². The van der Waals surface area contributed by atoms with Crippen molar-refractivity contribution in [2.75, 3.05) is 26.2 Å². The van der Waals surface area contributed by atoms with Gasteiger partial charge in [0.2, 0.25) is 0 Å². The van der Waals surface area contributed by atoms with E-state index in [4.69, 9.17) is 9.47 Å². The van der Waals surface area contributed by atoms with Crippen LogP contribution in [-0.4, -0.2) is 40.8 Å². The van der Waals surface area contributed by atoms with E-state index in [2.05, 4.69) is 9.97 Å². The highest BCUT2D eigenvalue weighted by molar-refractivity contribution is 7.98. The molecule has 32 heavy (non-hydrogen) atoms. The van der Waals surface area contributed by atoms with Crippen LogP contribution in [0.5, 0.6) is 0 Å². The summed E-state index contributed by atoms with van der Waals surface area (Å²) in [5.74, 6) is 0.822. The normalized spacial score (nSPS) is 13.7. The highest BCUT2D eigenvalue weighted by Crippen LogP contribution is 2.31. The summed E-state index contributed by atoms with van der Waals surface area (Å²) in [7, 11) is 3.10. The van der Waals surface area contributed by atoms with Crippen molar-refractivity contribution in [1.82, 2.24) is 14.5 Å². The minimum atomic E-state index is -0.358. The lowest BCUT2D eigenvalue weighted by Crippen LogP contribution is -2.25. The van der Waals surface area contributed by atoms with Gasteiger partial charge in [0.05, 0.1) is 25.8 Å². The molecule has 0 aliphatic rings. The number of nitrogens with zero attached hydrogens (tertiary/aromatic N) is 2. The summed E-state index contributed by atoms with van der Waals surface area (Å²) in [6.07, 6.45) is 10.7. The van der Waals surface area contributed by atoms with E-state index in [0.717, 1.165) is 5.57 Å². The molecule has 0 fully saturated rings. The van der Waals surface area contributed by atoms with E-state index in [1.807, 2.05) is 25.3 Å². The summed E-state index contributed by atoms with van der Waals surface area (Å²) in [5, 5.41) is 0. The molecule has 0 saturated heterocycles. The standard InChI is InChI=1S/C24H26FN3O3S/c1-5-16(10-11-17(31-3)14-30-2)21(15-32-4)28-23-22(27-24(28)29)19(12-13-26-23)18-8-6-7-9-20(18)25/h5-14,21H,15H2,1-4H3,(H,27,29)/b11-10-,16-5+,17-14-. The van der Waals surface area contributed by atoms with Gasteiger partial charge in [-0.2, -0.15) is 11.8 Å². The second-order valence-electron chi connectivity index (χ2n) is 6.89. The van der Waals surface area contributed by atoms with Crippen molar-refractivity contribution in [1.29, 1.82) is 0 Å². The minimum absolute atomic E-state index is 0.295. The number of pyridine rings is 1. The second kappa shape index (κ2) is 10.9. The largest absolute Gasteiger partial charge is 0.501 e. The van der Waals surface area contributed by atoms with Gasteiger partial charge in [0.1, 0.15) is 12.1 Å². The fourth-order valence-corrected chi connectivity index (χ4v) is 4.20.